The van der Waals surface area contributed by atoms with Crippen molar-refractivity contribution in [2.45, 2.75) is 59.6 Å². The number of halogens is 1. The van der Waals surface area contributed by atoms with Crippen LogP contribution in [-0.4, -0.2) is 54.7 Å². The Morgan fingerprint density at radius 2 is 1.78 bits per heavy atom. The summed E-state index contributed by atoms with van der Waals surface area (Å²) in [5.74, 6) is 0.772. The summed E-state index contributed by atoms with van der Waals surface area (Å²) >= 11 is 0. The second-order valence-electron chi connectivity index (χ2n) is 6.86. The van der Waals surface area contributed by atoms with E-state index in [1.165, 1.54) is 12.0 Å². The summed E-state index contributed by atoms with van der Waals surface area (Å²) in [6.07, 6.45) is 1.69. The van der Waals surface area contributed by atoms with Gasteiger partial charge in [-0.1, -0.05) is 43.7 Å². The zero-order chi connectivity index (χ0) is 19.4. The number of benzene rings is 1. The Bertz CT molecular complexity index is 517. The van der Waals surface area contributed by atoms with Crippen LogP contribution in [0.1, 0.15) is 57.8 Å². The molecule has 0 aliphatic carbocycles. The van der Waals surface area contributed by atoms with Gasteiger partial charge in [-0.2, -0.15) is 0 Å². The molecule has 0 radical (unpaired) electrons. The third-order valence-electron chi connectivity index (χ3n) is 4.62. The summed E-state index contributed by atoms with van der Waals surface area (Å²) in [5.41, 5.74) is 2.10. The number of aliphatic hydroxyl groups is 1. The highest BCUT2D eigenvalue weighted by Crippen LogP contribution is 2.13. The number of aliphatic hydroxyl groups excluding tert-OH is 1. The predicted molar refractivity (Wildman–Crippen MR) is 127 cm³/mol. The summed E-state index contributed by atoms with van der Waals surface area (Å²) in [5, 5.41) is 17.1. The predicted octanol–water partition coefficient (Wildman–Crippen LogP) is 3.71. The fourth-order valence-corrected chi connectivity index (χ4v) is 2.86. The van der Waals surface area contributed by atoms with Crippen molar-refractivity contribution in [3.63, 3.8) is 0 Å². The van der Waals surface area contributed by atoms with Crippen LogP contribution in [0.2, 0.25) is 0 Å². The number of guanidine groups is 1. The average Bonchev–Trinajstić information content (AvgIpc) is 2.64. The number of aliphatic imine (C=N–C) groups is 1. The number of nitrogens with one attached hydrogen (secondary N) is 2. The minimum atomic E-state index is -0.580. The van der Waals surface area contributed by atoms with E-state index in [-0.39, 0.29) is 24.0 Å². The third-order valence-corrected chi connectivity index (χ3v) is 4.62. The van der Waals surface area contributed by atoms with E-state index in [9.17, 15) is 5.11 Å². The van der Waals surface area contributed by atoms with E-state index in [1.54, 1.807) is 0 Å². The molecule has 156 valence electrons. The summed E-state index contributed by atoms with van der Waals surface area (Å²) in [6, 6.07) is 8.31. The lowest BCUT2D eigenvalue weighted by atomic mass is 10.1. The van der Waals surface area contributed by atoms with Crippen LogP contribution >= 0.6 is 24.0 Å². The second kappa shape index (κ2) is 15.1. The van der Waals surface area contributed by atoms with Crippen molar-refractivity contribution in [1.29, 1.82) is 0 Å². The van der Waals surface area contributed by atoms with Crippen molar-refractivity contribution in [2.24, 2.45) is 4.99 Å². The van der Waals surface area contributed by atoms with Crippen molar-refractivity contribution in [3.05, 3.63) is 35.4 Å². The molecular weight excluding hydrogens is 451 g/mol. The van der Waals surface area contributed by atoms with Gasteiger partial charge in [-0.25, -0.2) is 0 Å². The maximum Gasteiger partial charge on any atom is 0.191 e. The molecule has 2 atom stereocenters. The molecule has 0 amide bonds. The fourth-order valence-electron chi connectivity index (χ4n) is 2.86. The molecule has 0 aliphatic heterocycles. The highest BCUT2D eigenvalue weighted by atomic mass is 127. The molecule has 0 bridgehead atoms. The maximum absolute atomic E-state index is 10.4. The van der Waals surface area contributed by atoms with Gasteiger partial charge in [0.15, 0.2) is 5.96 Å². The average molecular weight is 490 g/mol. The second-order valence-corrected chi connectivity index (χ2v) is 6.86. The largest absolute Gasteiger partial charge is 0.386 e. The van der Waals surface area contributed by atoms with Gasteiger partial charge in [0.05, 0.1) is 12.6 Å². The quantitative estimate of drug-likeness (QED) is 0.252. The van der Waals surface area contributed by atoms with Gasteiger partial charge in [-0.05, 0) is 58.8 Å². The van der Waals surface area contributed by atoms with Gasteiger partial charge >= 0.3 is 0 Å². The Balaban J connectivity index is 0.00000676. The minimum Gasteiger partial charge on any atom is -0.386 e. The van der Waals surface area contributed by atoms with Gasteiger partial charge in [0.2, 0.25) is 0 Å². The van der Waals surface area contributed by atoms with Crippen LogP contribution in [0.5, 0.6) is 0 Å². The van der Waals surface area contributed by atoms with Crippen LogP contribution in [0, 0.1) is 6.92 Å². The van der Waals surface area contributed by atoms with E-state index in [1.807, 2.05) is 31.2 Å². The maximum atomic E-state index is 10.4. The number of aryl methyl sites for hydroxylation is 1. The van der Waals surface area contributed by atoms with E-state index in [4.69, 9.17) is 0 Å². The molecule has 0 aliphatic rings. The van der Waals surface area contributed by atoms with E-state index in [0.717, 1.165) is 44.1 Å². The number of rotatable bonds is 11. The molecule has 0 saturated carbocycles. The van der Waals surface area contributed by atoms with E-state index < -0.39 is 6.10 Å². The molecule has 2 unspecified atom stereocenters. The number of hydrogen-bond donors (Lipinski definition) is 3. The summed E-state index contributed by atoms with van der Waals surface area (Å²) in [4.78, 5) is 7.01. The smallest absolute Gasteiger partial charge is 0.191 e. The zero-order valence-corrected chi connectivity index (χ0v) is 20.0. The molecule has 0 spiro atoms. The molecule has 0 heterocycles. The first-order valence-electron chi connectivity index (χ1n) is 10.0. The lowest BCUT2D eigenvalue weighted by Gasteiger charge is -2.21. The van der Waals surface area contributed by atoms with Gasteiger partial charge < -0.3 is 20.6 Å². The Morgan fingerprint density at radius 3 is 2.33 bits per heavy atom. The number of hydrogen-bond acceptors (Lipinski definition) is 3. The van der Waals surface area contributed by atoms with Crippen molar-refractivity contribution in [1.82, 2.24) is 15.5 Å². The van der Waals surface area contributed by atoms with Gasteiger partial charge in [0, 0.05) is 12.6 Å². The van der Waals surface area contributed by atoms with Crippen molar-refractivity contribution < 1.29 is 5.11 Å². The SMILES string of the molecule is CCNC(=NCC(O)c1ccc(C)cc1)NC(C)CCCN(CC)CC.I. The third kappa shape index (κ3) is 10.9. The first-order chi connectivity index (χ1) is 12.5. The van der Waals surface area contributed by atoms with E-state index in [0.29, 0.717) is 12.6 Å². The first-order valence-corrected chi connectivity index (χ1v) is 10.0. The van der Waals surface area contributed by atoms with Gasteiger partial charge in [-0.15, -0.1) is 24.0 Å². The molecule has 6 heteroatoms. The lowest BCUT2D eigenvalue weighted by Crippen LogP contribution is -2.42. The highest BCUT2D eigenvalue weighted by molar-refractivity contribution is 14.0. The van der Waals surface area contributed by atoms with Crippen molar-refractivity contribution in [2.75, 3.05) is 32.7 Å². The van der Waals surface area contributed by atoms with Crippen LogP contribution in [-0.2, 0) is 0 Å². The summed E-state index contributed by atoms with van der Waals surface area (Å²) in [6.45, 7) is 15.2. The molecule has 27 heavy (non-hydrogen) atoms. The zero-order valence-electron chi connectivity index (χ0n) is 17.7. The van der Waals surface area contributed by atoms with Crippen molar-refractivity contribution >= 4 is 29.9 Å². The van der Waals surface area contributed by atoms with E-state index in [2.05, 4.69) is 48.2 Å². The first kappa shape index (κ1) is 26.1. The molecule has 0 fully saturated rings. The normalized spacial score (nSPS) is 13.8. The van der Waals surface area contributed by atoms with Gasteiger partial charge in [0.1, 0.15) is 0 Å². The topological polar surface area (TPSA) is 59.9 Å². The van der Waals surface area contributed by atoms with Gasteiger partial charge in [-0.3, -0.25) is 4.99 Å². The van der Waals surface area contributed by atoms with Crippen LogP contribution in [0.25, 0.3) is 0 Å². The van der Waals surface area contributed by atoms with Crippen LogP contribution < -0.4 is 10.6 Å². The lowest BCUT2D eigenvalue weighted by molar-refractivity contribution is 0.187. The summed E-state index contributed by atoms with van der Waals surface area (Å²) in [7, 11) is 0. The standard InChI is InChI=1S/C21H38N4O.HI/c1-6-22-21(24-18(5)10-9-15-25(7-2)8-3)23-16-20(26)19-13-11-17(4)12-14-19;/h11-14,18,20,26H,6-10,15-16H2,1-5H3,(H2,22,23,24);1H. The Morgan fingerprint density at radius 1 is 1.15 bits per heavy atom. The van der Waals surface area contributed by atoms with Crippen LogP contribution in [0.15, 0.2) is 29.3 Å². The van der Waals surface area contributed by atoms with Crippen LogP contribution in [0.4, 0.5) is 0 Å². The highest BCUT2D eigenvalue weighted by Gasteiger charge is 2.09. The molecule has 1 aromatic rings. The summed E-state index contributed by atoms with van der Waals surface area (Å²) < 4.78 is 0. The minimum absolute atomic E-state index is 0. The molecular formula is C21H39IN4O. The Hall–Kier alpha value is -0.860. The Kier molecular flexibility index (Phi) is 14.6. The monoisotopic (exact) mass is 490 g/mol. The molecule has 5 nitrogen and oxygen atoms in total. The molecule has 1 rings (SSSR count). The Labute approximate surface area is 183 Å². The van der Waals surface area contributed by atoms with Gasteiger partial charge in [0.25, 0.3) is 0 Å². The molecule has 3 N–H and O–H groups in total. The van der Waals surface area contributed by atoms with Crippen LogP contribution in [0.3, 0.4) is 0 Å². The number of nitrogens with zero attached hydrogens (tertiary/aromatic N) is 2. The molecule has 0 saturated heterocycles. The molecule has 1 aromatic carbocycles. The van der Waals surface area contributed by atoms with E-state index >= 15 is 0 Å². The fraction of sp³-hybridized carbons (Fsp3) is 0.667. The van der Waals surface area contributed by atoms with Crippen molar-refractivity contribution in [3.8, 4) is 0 Å². The molecule has 0 aromatic heterocycles.